The van der Waals surface area contributed by atoms with E-state index in [9.17, 15) is 5.11 Å². The third-order valence-electron chi connectivity index (χ3n) is 3.61. The first-order valence-electron chi connectivity index (χ1n) is 8.14. The zero-order valence-corrected chi connectivity index (χ0v) is 16.5. The molecule has 0 aliphatic carbocycles. The van der Waals surface area contributed by atoms with Crippen LogP contribution in [-0.4, -0.2) is 58.4 Å². The van der Waals surface area contributed by atoms with Crippen LogP contribution in [0.25, 0.3) is 0 Å². The molecule has 1 aliphatic heterocycles. The first-order valence-corrected chi connectivity index (χ1v) is 8.14. The Morgan fingerprint density at radius 3 is 2.87 bits per heavy atom. The van der Waals surface area contributed by atoms with Crippen molar-refractivity contribution in [3.63, 3.8) is 0 Å². The van der Waals surface area contributed by atoms with E-state index < -0.39 is 0 Å². The molecule has 1 aromatic rings. The minimum atomic E-state index is -0.239. The van der Waals surface area contributed by atoms with E-state index >= 15 is 0 Å². The zero-order chi connectivity index (χ0) is 15.9. The molecule has 7 nitrogen and oxygen atoms in total. The number of likely N-dealkylation sites (tertiary alicyclic amines) is 1. The van der Waals surface area contributed by atoms with Crippen molar-refractivity contribution in [1.29, 1.82) is 0 Å². The lowest BCUT2D eigenvalue weighted by atomic mass is 10.2. The minimum absolute atomic E-state index is 0. The number of aryl methyl sites for hydroxylation is 1. The highest BCUT2D eigenvalue weighted by Gasteiger charge is 2.22. The van der Waals surface area contributed by atoms with Gasteiger partial charge in [0.05, 0.1) is 6.10 Å². The number of hydrogen-bond acceptors (Lipinski definition) is 5. The molecule has 1 fully saturated rings. The Morgan fingerprint density at radius 1 is 1.52 bits per heavy atom. The first-order chi connectivity index (χ1) is 10.6. The van der Waals surface area contributed by atoms with Crippen LogP contribution in [0.3, 0.4) is 0 Å². The fourth-order valence-corrected chi connectivity index (χ4v) is 2.38. The monoisotopic (exact) mass is 437 g/mol. The van der Waals surface area contributed by atoms with E-state index in [-0.39, 0.29) is 36.0 Å². The lowest BCUT2D eigenvalue weighted by Crippen LogP contribution is -2.40. The average molecular weight is 437 g/mol. The summed E-state index contributed by atoms with van der Waals surface area (Å²) in [4.78, 5) is 11.1. The summed E-state index contributed by atoms with van der Waals surface area (Å²) in [6, 6.07) is 0. The molecule has 2 rings (SSSR count). The maximum Gasteiger partial charge on any atom is 0.226 e. The Bertz CT molecular complexity index is 492. The van der Waals surface area contributed by atoms with E-state index in [0.29, 0.717) is 19.0 Å². The van der Waals surface area contributed by atoms with Crippen molar-refractivity contribution < 1.29 is 9.63 Å². The van der Waals surface area contributed by atoms with Crippen molar-refractivity contribution in [2.75, 3.05) is 26.2 Å². The first kappa shape index (κ1) is 20.1. The molecule has 0 radical (unpaired) electrons. The summed E-state index contributed by atoms with van der Waals surface area (Å²) >= 11 is 0. The fraction of sp³-hybridized carbons (Fsp3) is 0.800. The molecule has 2 heterocycles. The van der Waals surface area contributed by atoms with Gasteiger partial charge < -0.3 is 19.8 Å². The summed E-state index contributed by atoms with van der Waals surface area (Å²) < 4.78 is 5.23. The molecule has 132 valence electrons. The lowest BCUT2D eigenvalue weighted by molar-refractivity contribution is 0.188. The standard InChI is InChI=1S/C15H27N5O2.HI/c1-4-16-15(20-9-7-12(21)10-20)17-8-5-6-13-18-14(11(2)3)19-22-13;/h11-12,21H,4-10H2,1-3H3,(H,16,17);1H/t12-;/m1./s1. The van der Waals surface area contributed by atoms with Crippen molar-refractivity contribution in [1.82, 2.24) is 20.4 Å². The average Bonchev–Trinajstić information content (AvgIpc) is 3.11. The van der Waals surface area contributed by atoms with Crippen LogP contribution >= 0.6 is 24.0 Å². The van der Waals surface area contributed by atoms with E-state index in [1.807, 2.05) is 20.8 Å². The van der Waals surface area contributed by atoms with Gasteiger partial charge in [0.25, 0.3) is 0 Å². The van der Waals surface area contributed by atoms with Gasteiger partial charge >= 0.3 is 0 Å². The molecule has 0 saturated carbocycles. The number of aromatic nitrogens is 2. The van der Waals surface area contributed by atoms with Crippen LogP contribution in [-0.2, 0) is 6.42 Å². The molecular weight excluding hydrogens is 409 g/mol. The highest BCUT2D eigenvalue weighted by atomic mass is 127. The van der Waals surface area contributed by atoms with Gasteiger partial charge in [-0.2, -0.15) is 4.98 Å². The largest absolute Gasteiger partial charge is 0.391 e. The topological polar surface area (TPSA) is 86.8 Å². The van der Waals surface area contributed by atoms with Crippen molar-refractivity contribution in [3.8, 4) is 0 Å². The number of hydrogen-bond donors (Lipinski definition) is 2. The Hall–Kier alpha value is -0.900. The van der Waals surface area contributed by atoms with Gasteiger partial charge in [-0.15, -0.1) is 24.0 Å². The van der Waals surface area contributed by atoms with Gasteiger partial charge in [-0.3, -0.25) is 4.99 Å². The summed E-state index contributed by atoms with van der Waals surface area (Å²) in [5.41, 5.74) is 0. The Balaban J connectivity index is 0.00000264. The summed E-state index contributed by atoms with van der Waals surface area (Å²) in [6.07, 6.45) is 2.18. The maximum atomic E-state index is 9.63. The minimum Gasteiger partial charge on any atom is -0.391 e. The molecule has 0 amide bonds. The second kappa shape index (κ2) is 10.1. The number of aliphatic hydroxyl groups excluding tert-OH is 1. The number of halogens is 1. The lowest BCUT2D eigenvalue weighted by Gasteiger charge is -2.20. The van der Waals surface area contributed by atoms with Crippen LogP contribution in [0.2, 0.25) is 0 Å². The molecule has 1 aromatic heterocycles. The summed E-state index contributed by atoms with van der Waals surface area (Å²) in [7, 11) is 0. The van der Waals surface area contributed by atoms with Crippen LogP contribution in [0, 0.1) is 0 Å². The second-order valence-corrected chi connectivity index (χ2v) is 5.93. The summed E-state index contributed by atoms with van der Waals surface area (Å²) in [5.74, 6) is 2.61. The van der Waals surface area contributed by atoms with Gasteiger partial charge in [-0.05, 0) is 19.8 Å². The third kappa shape index (κ3) is 6.25. The maximum absolute atomic E-state index is 9.63. The van der Waals surface area contributed by atoms with Gasteiger partial charge in [-0.1, -0.05) is 19.0 Å². The highest BCUT2D eigenvalue weighted by molar-refractivity contribution is 14.0. The van der Waals surface area contributed by atoms with Gasteiger partial charge in [0, 0.05) is 38.5 Å². The van der Waals surface area contributed by atoms with Crippen molar-refractivity contribution in [2.45, 2.75) is 52.1 Å². The summed E-state index contributed by atoms with van der Waals surface area (Å²) in [6.45, 7) is 9.19. The molecule has 0 spiro atoms. The van der Waals surface area contributed by atoms with Crippen LogP contribution in [0.4, 0.5) is 0 Å². The van der Waals surface area contributed by atoms with Crippen LogP contribution < -0.4 is 5.32 Å². The van der Waals surface area contributed by atoms with Gasteiger partial charge in [-0.25, -0.2) is 0 Å². The van der Waals surface area contributed by atoms with Crippen LogP contribution in [0.5, 0.6) is 0 Å². The van der Waals surface area contributed by atoms with E-state index in [0.717, 1.165) is 44.1 Å². The van der Waals surface area contributed by atoms with Crippen molar-refractivity contribution >= 4 is 29.9 Å². The molecule has 1 aliphatic rings. The second-order valence-electron chi connectivity index (χ2n) is 5.93. The SMILES string of the molecule is CCNC(=NCCCc1nc(C(C)C)no1)N1CC[C@@H](O)C1.I. The van der Waals surface area contributed by atoms with E-state index in [1.165, 1.54) is 0 Å². The van der Waals surface area contributed by atoms with Gasteiger partial charge in [0.15, 0.2) is 11.8 Å². The predicted octanol–water partition coefficient (Wildman–Crippen LogP) is 1.78. The normalized spacial score (nSPS) is 18.4. The molecule has 0 bridgehead atoms. The Kier molecular flexibility index (Phi) is 8.82. The summed E-state index contributed by atoms with van der Waals surface area (Å²) in [5, 5.41) is 16.9. The fourth-order valence-electron chi connectivity index (χ4n) is 2.38. The predicted molar refractivity (Wildman–Crippen MR) is 100 cm³/mol. The van der Waals surface area contributed by atoms with Gasteiger partial charge in [0.1, 0.15) is 0 Å². The zero-order valence-electron chi connectivity index (χ0n) is 14.2. The van der Waals surface area contributed by atoms with Crippen molar-refractivity contribution in [3.05, 3.63) is 11.7 Å². The number of nitrogens with one attached hydrogen (secondary N) is 1. The number of β-amino-alcohol motifs (C(OH)–C–C–N with tert-alkyl or cyclic N) is 1. The quantitative estimate of drug-likeness (QED) is 0.306. The number of aliphatic imine (C=N–C) groups is 1. The van der Waals surface area contributed by atoms with Crippen LogP contribution in [0.1, 0.15) is 51.2 Å². The molecule has 1 atom stereocenters. The van der Waals surface area contributed by atoms with E-state index in [2.05, 4.69) is 25.3 Å². The van der Waals surface area contributed by atoms with E-state index in [1.54, 1.807) is 0 Å². The van der Waals surface area contributed by atoms with Crippen LogP contribution in [0.15, 0.2) is 9.52 Å². The number of nitrogens with zero attached hydrogens (tertiary/aromatic N) is 4. The molecular formula is C15H28IN5O2. The van der Waals surface area contributed by atoms with Crippen molar-refractivity contribution in [2.24, 2.45) is 4.99 Å². The molecule has 8 heteroatoms. The molecule has 0 aromatic carbocycles. The number of aliphatic hydroxyl groups is 1. The molecule has 1 saturated heterocycles. The molecule has 23 heavy (non-hydrogen) atoms. The number of rotatable bonds is 6. The third-order valence-corrected chi connectivity index (χ3v) is 3.61. The Labute approximate surface area is 154 Å². The van der Waals surface area contributed by atoms with Gasteiger partial charge in [0.2, 0.25) is 5.89 Å². The highest BCUT2D eigenvalue weighted by Crippen LogP contribution is 2.11. The number of guanidine groups is 1. The Morgan fingerprint density at radius 2 is 2.30 bits per heavy atom. The molecule has 0 unspecified atom stereocenters. The smallest absolute Gasteiger partial charge is 0.226 e. The molecule has 2 N–H and O–H groups in total. The van der Waals surface area contributed by atoms with E-state index in [4.69, 9.17) is 4.52 Å².